The van der Waals surface area contributed by atoms with Gasteiger partial charge in [0.05, 0.1) is 26.1 Å². The first-order valence-electron chi connectivity index (χ1n) is 5.64. The Morgan fingerprint density at radius 3 is 2.35 bits per heavy atom. The molecule has 1 aromatic rings. The van der Waals surface area contributed by atoms with Crippen molar-refractivity contribution < 1.29 is 9.47 Å². The van der Waals surface area contributed by atoms with E-state index in [-0.39, 0.29) is 0 Å². The average Bonchev–Trinajstić information content (AvgIpc) is 2.35. The smallest absolute Gasteiger partial charge is 0.278 e. The number of hydrogen-bond donors (Lipinski definition) is 0. The van der Waals surface area contributed by atoms with Crippen molar-refractivity contribution in [2.45, 2.75) is 31.8 Å². The number of thioether (sulfide) groups is 1. The van der Waals surface area contributed by atoms with Gasteiger partial charge in [0.15, 0.2) is 0 Å². The second kappa shape index (κ2) is 6.69. The van der Waals surface area contributed by atoms with E-state index in [4.69, 9.17) is 9.47 Å². The normalized spacial score (nSPS) is 12.6. The molecule has 1 heterocycles. The molecule has 0 saturated heterocycles. The highest BCUT2D eigenvalue weighted by molar-refractivity contribution is 7.99. The van der Waals surface area contributed by atoms with Crippen LogP contribution in [-0.4, -0.2) is 29.4 Å². The Morgan fingerprint density at radius 1 is 1.18 bits per heavy atom. The fourth-order valence-electron chi connectivity index (χ4n) is 1.15. The van der Waals surface area contributed by atoms with Gasteiger partial charge in [0.25, 0.3) is 11.8 Å². The minimum Gasteiger partial charge on any atom is -0.477 e. The lowest BCUT2D eigenvalue weighted by Gasteiger charge is -2.14. The third kappa shape index (κ3) is 4.07. The van der Waals surface area contributed by atoms with Crippen molar-refractivity contribution in [3.8, 4) is 11.8 Å². The van der Waals surface area contributed by atoms with E-state index in [0.29, 0.717) is 22.9 Å². The molecule has 0 spiro atoms. The first kappa shape index (κ1) is 14.1. The summed E-state index contributed by atoms with van der Waals surface area (Å²) in [6.07, 6.45) is 1.74. The summed E-state index contributed by atoms with van der Waals surface area (Å²) in [5.74, 6) is 2.38. The summed E-state index contributed by atoms with van der Waals surface area (Å²) in [5.41, 5.74) is 0.917. The lowest BCUT2D eigenvalue weighted by molar-refractivity contribution is 0.330. The van der Waals surface area contributed by atoms with Gasteiger partial charge in [0.1, 0.15) is 0 Å². The highest BCUT2D eigenvalue weighted by atomic mass is 32.2. The van der Waals surface area contributed by atoms with Crippen molar-refractivity contribution in [3.63, 3.8) is 0 Å². The van der Waals surface area contributed by atoms with Crippen LogP contribution in [0.15, 0.2) is 6.20 Å². The largest absolute Gasteiger partial charge is 0.477 e. The molecule has 0 bridgehead atoms. The van der Waals surface area contributed by atoms with E-state index < -0.39 is 0 Å². The van der Waals surface area contributed by atoms with Crippen LogP contribution in [-0.2, 0) is 5.75 Å². The second-order valence-electron chi connectivity index (χ2n) is 4.14. The van der Waals surface area contributed by atoms with Gasteiger partial charge in [-0.05, 0) is 5.92 Å². The quantitative estimate of drug-likeness (QED) is 0.783. The van der Waals surface area contributed by atoms with Gasteiger partial charge >= 0.3 is 0 Å². The molecule has 0 N–H and O–H groups in total. The Kier molecular flexibility index (Phi) is 5.55. The minimum atomic E-state index is 0.429. The molecule has 0 amide bonds. The van der Waals surface area contributed by atoms with Crippen LogP contribution in [0.3, 0.4) is 0 Å². The fraction of sp³-hybridized carbons (Fsp3) is 0.667. The number of nitrogens with zero attached hydrogens (tertiary/aromatic N) is 2. The maximum absolute atomic E-state index is 5.12. The molecule has 0 saturated carbocycles. The van der Waals surface area contributed by atoms with Crippen LogP contribution in [0.25, 0.3) is 0 Å². The zero-order valence-corrected chi connectivity index (χ0v) is 11.9. The molecule has 1 rings (SSSR count). The molecule has 0 aliphatic rings. The van der Waals surface area contributed by atoms with Crippen molar-refractivity contribution in [2.24, 2.45) is 5.92 Å². The van der Waals surface area contributed by atoms with E-state index in [1.165, 1.54) is 0 Å². The lowest BCUT2D eigenvalue weighted by atomic mass is 10.2. The van der Waals surface area contributed by atoms with Crippen molar-refractivity contribution in [1.82, 2.24) is 9.97 Å². The van der Waals surface area contributed by atoms with Crippen LogP contribution in [0.2, 0.25) is 0 Å². The van der Waals surface area contributed by atoms with Crippen molar-refractivity contribution in [1.29, 1.82) is 0 Å². The summed E-state index contributed by atoms with van der Waals surface area (Å²) in [6, 6.07) is 0. The van der Waals surface area contributed by atoms with Gasteiger partial charge in [-0.25, -0.2) is 9.97 Å². The zero-order chi connectivity index (χ0) is 12.8. The van der Waals surface area contributed by atoms with Crippen LogP contribution in [0.5, 0.6) is 11.8 Å². The Labute approximate surface area is 107 Å². The van der Waals surface area contributed by atoms with Gasteiger partial charge < -0.3 is 9.47 Å². The highest BCUT2D eigenvalue weighted by Gasteiger charge is 2.11. The Hall–Kier alpha value is -0.970. The molecule has 1 aromatic heterocycles. The molecular weight excluding hydrogens is 236 g/mol. The molecule has 0 fully saturated rings. The Bertz CT molecular complexity index is 358. The van der Waals surface area contributed by atoms with Gasteiger partial charge in [-0.1, -0.05) is 20.8 Å². The molecule has 17 heavy (non-hydrogen) atoms. The topological polar surface area (TPSA) is 44.2 Å². The monoisotopic (exact) mass is 256 g/mol. The van der Waals surface area contributed by atoms with Gasteiger partial charge in [-0.3, -0.25) is 0 Å². The van der Waals surface area contributed by atoms with Crippen molar-refractivity contribution >= 4 is 11.8 Å². The molecule has 1 unspecified atom stereocenters. The van der Waals surface area contributed by atoms with Crippen LogP contribution in [0, 0.1) is 5.92 Å². The third-order valence-electron chi connectivity index (χ3n) is 2.58. The van der Waals surface area contributed by atoms with Crippen LogP contribution >= 0.6 is 11.8 Å². The molecule has 4 nitrogen and oxygen atoms in total. The standard InChI is InChI=1S/C12H20N2O2S/c1-8(2)9(3)17-7-10-6-13-11(15-4)12(14-10)16-5/h6,8-9H,7H2,1-5H3. The Morgan fingerprint density at radius 2 is 1.82 bits per heavy atom. The molecule has 0 aromatic carbocycles. The molecular formula is C12H20N2O2S. The van der Waals surface area contributed by atoms with E-state index in [1.54, 1.807) is 20.4 Å². The maximum atomic E-state index is 5.12. The van der Waals surface area contributed by atoms with E-state index >= 15 is 0 Å². The van der Waals surface area contributed by atoms with Gasteiger partial charge in [-0.2, -0.15) is 11.8 Å². The first-order chi connectivity index (χ1) is 8.08. The van der Waals surface area contributed by atoms with Crippen LogP contribution < -0.4 is 9.47 Å². The zero-order valence-electron chi connectivity index (χ0n) is 11.1. The van der Waals surface area contributed by atoms with Crippen LogP contribution in [0.4, 0.5) is 0 Å². The average molecular weight is 256 g/mol. The number of ether oxygens (including phenoxy) is 2. The predicted octanol–water partition coefficient (Wildman–Crippen LogP) is 2.77. The molecule has 96 valence electrons. The summed E-state index contributed by atoms with van der Waals surface area (Å²) in [6.45, 7) is 6.67. The first-order valence-corrected chi connectivity index (χ1v) is 6.68. The molecule has 5 heteroatoms. The molecule has 0 aliphatic heterocycles. The van der Waals surface area contributed by atoms with Gasteiger partial charge in [-0.15, -0.1) is 0 Å². The third-order valence-corrected chi connectivity index (χ3v) is 4.11. The van der Waals surface area contributed by atoms with E-state index in [1.807, 2.05) is 11.8 Å². The van der Waals surface area contributed by atoms with Gasteiger partial charge in [0.2, 0.25) is 0 Å². The minimum absolute atomic E-state index is 0.429. The second-order valence-corrected chi connectivity index (χ2v) is 5.51. The predicted molar refractivity (Wildman–Crippen MR) is 70.7 cm³/mol. The molecule has 0 radical (unpaired) electrons. The van der Waals surface area contributed by atoms with E-state index in [9.17, 15) is 0 Å². The summed E-state index contributed by atoms with van der Waals surface area (Å²) in [4.78, 5) is 8.53. The van der Waals surface area contributed by atoms with Crippen LogP contribution in [0.1, 0.15) is 26.5 Å². The van der Waals surface area contributed by atoms with E-state index in [0.717, 1.165) is 11.4 Å². The number of methoxy groups -OCH3 is 2. The molecule has 0 aliphatic carbocycles. The Balaban J connectivity index is 2.66. The van der Waals surface area contributed by atoms with Gasteiger partial charge in [0, 0.05) is 11.0 Å². The summed E-state index contributed by atoms with van der Waals surface area (Å²) in [7, 11) is 3.13. The maximum Gasteiger partial charge on any atom is 0.278 e. The summed E-state index contributed by atoms with van der Waals surface area (Å²) in [5, 5.41) is 0.602. The number of aromatic nitrogens is 2. The number of hydrogen-bond acceptors (Lipinski definition) is 5. The van der Waals surface area contributed by atoms with Crippen molar-refractivity contribution in [2.75, 3.05) is 14.2 Å². The summed E-state index contributed by atoms with van der Waals surface area (Å²) >= 11 is 1.87. The fourth-order valence-corrected chi connectivity index (χ4v) is 2.10. The number of rotatable bonds is 6. The van der Waals surface area contributed by atoms with Crippen molar-refractivity contribution in [3.05, 3.63) is 11.9 Å². The highest BCUT2D eigenvalue weighted by Crippen LogP contribution is 2.25. The molecule has 1 atom stereocenters. The van der Waals surface area contributed by atoms with E-state index in [2.05, 4.69) is 30.7 Å². The SMILES string of the molecule is COc1ncc(CSC(C)C(C)C)nc1OC. The lowest BCUT2D eigenvalue weighted by Crippen LogP contribution is -2.06. The summed E-state index contributed by atoms with van der Waals surface area (Å²) < 4.78 is 10.2.